The lowest BCUT2D eigenvalue weighted by Gasteiger charge is -2.21. The van der Waals surface area contributed by atoms with Crippen molar-refractivity contribution in [2.75, 3.05) is 22.4 Å². The minimum absolute atomic E-state index is 0.107. The van der Waals surface area contributed by atoms with Gasteiger partial charge in [-0.2, -0.15) is 0 Å². The molecule has 0 radical (unpaired) electrons. The largest absolute Gasteiger partial charge is 0.318 e. The van der Waals surface area contributed by atoms with Gasteiger partial charge in [-0.1, -0.05) is 34.1 Å². The number of carbonyl (C=O) groups excluding carboxylic acids is 1. The fraction of sp³-hybridized carbons (Fsp3) is 0.200. The Kier molecular flexibility index (Phi) is 6.18. The molecular formula is C20H21BrN4O4S. The maximum absolute atomic E-state index is 12.9. The highest BCUT2D eigenvalue weighted by molar-refractivity contribution is 9.10. The molecule has 30 heavy (non-hydrogen) atoms. The summed E-state index contributed by atoms with van der Waals surface area (Å²) in [5.74, 6) is -0.616. The minimum atomic E-state index is -3.72. The number of amides is 1. The number of aromatic nitrogens is 2. The number of benzene rings is 2. The lowest BCUT2D eigenvalue weighted by Crippen LogP contribution is -2.38. The molecule has 1 amide bonds. The zero-order valence-corrected chi connectivity index (χ0v) is 19.1. The van der Waals surface area contributed by atoms with Gasteiger partial charge in [-0.05, 0) is 43.3 Å². The van der Waals surface area contributed by atoms with Gasteiger partial charge in [0.2, 0.25) is 15.9 Å². The molecule has 158 valence electrons. The van der Waals surface area contributed by atoms with Crippen molar-refractivity contribution < 1.29 is 13.2 Å². The van der Waals surface area contributed by atoms with Crippen LogP contribution in [0.1, 0.15) is 5.69 Å². The summed E-state index contributed by atoms with van der Waals surface area (Å²) in [6.07, 6.45) is 1.03. The van der Waals surface area contributed by atoms with E-state index >= 15 is 0 Å². The Labute approximate surface area is 182 Å². The highest BCUT2D eigenvalue weighted by Crippen LogP contribution is 2.21. The second-order valence-electron chi connectivity index (χ2n) is 6.73. The number of para-hydroxylation sites is 1. The maximum Gasteiger partial charge on any atom is 0.295 e. The van der Waals surface area contributed by atoms with Crippen LogP contribution in [-0.4, -0.2) is 36.5 Å². The third-order valence-electron chi connectivity index (χ3n) is 4.62. The van der Waals surface area contributed by atoms with E-state index in [-0.39, 0.29) is 5.69 Å². The van der Waals surface area contributed by atoms with Crippen molar-refractivity contribution in [2.24, 2.45) is 7.05 Å². The molecule has 0 saturated heterocycles. The van der Waals surface area contributed by atoms with Gasteiger partial charge in [-0.3, -0.25) is 18.6 Å². The Bertz CT molecular complexity index is 1230. The summed E-state index contributed by atoms with van der Waals surface area (Å²) in [6.45, 7) is 1.25. The van der Waals surface area contributed by atoms with E-state index in [0.717, 1.165) is 15.0 Å². The van der Waals surface area contributed by atoms with E-state index in [2.05, 4.69) is 21.2 Å². The summed E-state index contributed by atoms with van der Waals surface area (Å²) in [4.78, 5) is 25.6. The van der Waals surface area contributed by atoms with Crippen molar-refractivity contribution in [2.45, 2.75) is 6.92 Å². The Balaban J connectivity index is 1.90. The van der Waals surface area contributed by atoms with Crippen molar-refractivity contribution in [3.8, 4) is 5.69 Å². The third-order valence-corrected chi connectivity index (χ3v) is 6.29. The van der Waals surface area contributed by atoms with Gasteiger partial charge in [-0.15, -0.1) is 0 Å². The number of nitrogens with one attached hydrogen (secondary N) is 1. The second kappa shape index (κ2) is 8.49. The van der Waals surface area contributed by atoms with Gasteiger partial charge in [0.05, 0.1) is 23.3 Å². The lowest BCUT2D eigenvalue weighted by molar-refractivity contribution is -0.114. The first-order valence-electron chi connectivity index (χ1n) is 8.96. The molecule has 3 rings (SSSR count). The molecule has 0 aliphatic carbocycles. The molecule has 8 nitrogen and oxygen atoms in total. The van der Waals surface area contributed by atoms with E-state index in [9.17, 15) is 18.0 Å². The molecule has 1 heterocycles. The van der Waals surface area contributed by atoms with Crippen molar-refractivity contribution in [1.29, 1.82) is 0 Å². The lowest BCUT2D eigenvalue weighted by atomic mass is 10.3. The Hall–Kier alpha value is -2.85. The van der Waals surface area contributed by atoms with Gasteiger partial charge in [0, 0.05) is 11.5 Å². The Morgan fingerprint density at radius 3 is 2.27 bits per heavy atom. The molecule has 0 spiro atoms. The summed E-state index contributed by atoms with van der Waals surface area (Å²) in [5, 5.41) is 2.58. The molecule has 0 fully saturated rings. The summed E-state index contributed by atoms with van der Waals surface area (Å²) < 4.78 is 29.3. The molecule has 0 aliphatic rings. The van der Waals surface area contributed by atoms with Crippen molar-refractivity contribution in [3.63, 3.8) is 0 Å². The number of rotatable bonds is 6. The Morgan fingerprint density at radius 2 is 1.70 bits per heavy atom. The van der Waals surface area contributed by atoms with Crippen LogP contribution in [0.3, 0.4) is 0 Å². The summed E-state index contributed by atoms with van der Waals surface area (Å²) in [5.41, 5.74) is 1.26. The van der Waals surface area contributed by atoms with Crippen LogP contribution in [0.25, 0.3) is 5.69 Å². The second-order valence-corrected chi connectivity index (χ2v) is 9.55. The molecule has 0 aliphatic heterocycles. The molecule has 0 saturated carbocycles. The van der Waals surface area contributed by atoms with Gasteiger partial charge in [0.25, 0.3) is 5.56 Å². The quantitative estimate of drug-likeness (QED) is 0.572. The number of nitrogens with zero attached hydrogens (tertiary/aromatic N) is 3. The Morgan fingerprint density at radius 1 is 1.10 bits per heavy atom. The van der Waals surface area contributed by atoms with E-state index in [0.29, 0.717) is 17.1 Å². The minimum Gasteiger partial charge on any atom is -0.318 e. The highest BCUT2D eigenvalue weighted by Gasteiger charge is 2.23. The topological polar surface area (TPSA) is 93.4 Å². The number of sulfonamides is 1. The molecule has 2 aromatic carbocycles. The monoisotopic (exact) mass is 492 g/mol. The van der Waals surface area contributed by atoms with Gasteiger partial charge < -0.3 is 5.32 Å². The number of anilines is 2. The fourth-order valence-corrected chi connectivity index (χ4v) is 4.15. The number of hydrogen-bond acceptors (Lipinski definition) is 4. The SMILES string of the molecule is Cc1c(NC(=O)CN(c2ccc(Br)cc2)S(C)(=O)=O)c(=O)n(-c2ccccc2)n1C. The van der Waals surface area contributed by atoms with Crippen molar-refractivity contribution in [3.05, 3.63) is 75.1 Å². The van der Waals surface area contributed by atoms with Gasteiger partial charge >= 0.3 is 0 Å². The van der Waals surface area contributed by atoms with E-state index in [1.54, 1.807) is 55.1 Å². The van der Waals surface area contributed by atoms with Crippen LogP contribution in [0, 0.1) is 6.92 Å². The number of halogens is 1. The van der Waals surface area contributed by atoms with Gasteiger partial charge in [0.15, 0.2) is 0 Å². The molecule has 10 heteroatoms. The maximum atomic E-state index is 12.9. The van der Waals surface area contributed by atoms with Crippen LogP contribution in [-0.2, 0) is 21.9 Å². The van der Waals surface area contributed by atoms with Crippen LogP contribution in [0.5, 0.6) is 0 Å². The molecule has 3 aromatic rings. The molecular weight excluding hydrogens is 472 g/mol. The first kappa shape index (κ1) is 21.8. The van der Waals surface area contributed by atoms with Crippen LogP contribution >= 0.6 is 15.9 Å². The summed E-state index contributed by atoms with van der Waals surface area (Å²) in [7, 11) is -2.00. The van der Waals surface area contributed by atoms with Crippen molar-refractivity contribution in [1.82, 2.24) is 9.36 Å². The first-order valence-corrected chi connectivity index (χ1v) is 11.6. The van der Waals surface area contributed by atoms with E-state index in [4.69, 9.17) is 0 Å². The van der Waals surface area contributed by atoms with Gasteiger partial charge in [-0.25, -0.2) is 13.1 Å². The number of hydrogen-bond donors (Lipinski definition) is 1. The predicted molar refractivity (Wildman–Crippen MR) is 121 cm³/mol. The van der Waals surface area contributed by atoms with Crippen LogP contribution < -0.4 is 15.2 Å². The number of carbonyl (C=O) groups is 1. The zero-order chi connectivity index (χ0) is 22.1. The zero-order valence-electron chi connectivity index (χ0n) is 16.7. The van der Waals surface area contributed by atoms with Crippen LogP contribution in [0.15, 0.2) is 63.9 Å². The predicted octanol–water partition coefficient (Wildman–Crippen LogP) is 2.65. The summed E-state index contributed by atoms with van der Waals surface area (Å²) >= 11 is 3.30. The first-order chi connectivity index (χ1) is 14.1. The third kappa shape index (κ3) is 4.49. The van der Waals surface area contributed by atoms with E-state index in [1.165, 1.54) is 4.68 Å². The van der Waals surface area contributed by atoms with E-state index in [1.807, 2.05) is 18.2 Å². The van der Waals surface area contributed by atoms with Crippen LogP contribution in [0.4, 0.5) is 11.4 Å². The fourth-order valence-electron chi connectivity index (χ4n) is 3.03. The van der Waals surface area contributed by atoms with Gasteiger partial charge in [0.1, 0.15) is 12.2 Å². The van der Waals surface area contributed by atoms with Crippen LogP contribution in [0.2, 0.25) is 0 Å². The molecule has 0 atom stereocenters. The average Bonchev–Trinajstić information content (AvgIpc) is 2.90. The normalized spacial score (nSPS) is 11.3. The highest BCUT2D eigenvalue weighted by atomic mass is 79.9. The smallest absolute Gasteiger partial charge is 0.295 e. The summed E-state index contributed by atoms with van der Waals surface area (Å²) in [6, 6.07) is 15.6. The molecule has 0 unspecified atom stereocenters. The average molecular weight is 493 g/mol. The molecule has 1 N–H and O–H groups in total. The molecule has 0 bridgehead atoms. The van der Waals surface area contributed by atoms with E-state index < -0.39 is 28.0 Å². The standard InChI is InChI=1S/C20H21BrN4O4S/c1-14-19(20(27)25(23(14)2)17-7-5-4-6-8-17)22-18(26)13-24(30(3,28)29)16-11-9-15(21)10-12-16/h4-12H,13H2,1-3H3,(H,22,26). The molecule has 1 aromatic heterocycles. The van der Waals surface area contributed by atoms with Crippen molar-refractivity contribution >= 4 is 43.2 Å².